The summed E-state index contributed by atoms with van der Waals surface area (Å²) in [6.45, 7) is 5.78. The van der Waals surface area contributed by atoms with Crippen LogP contribution in [0.5, 0.6) is 0 Å². The van der Waals surface area contributed by atoms with Crippen LogP contribution in [0.15, 0.2) is 71.6 Å². The van der Waals surface area contributed by atoms with E-state index >= 15 is 0 Å². The first kappa shape index (κ1) is 22.9. The van der Waals surface area contributed by atoms with Gasteiger partial charge in [-0.15, -0.1) is 11.8 Å². The molecule has 2 heterocycles. The predicted octanol–water partition coefficient (Wildman–Crippen LogP) is 4.51. The number of hydrogen-bond acceptors (Lipinski definition) is 4. The van der Waals surface area contributed by atoms with Crippen LogP contribution in [0.2, 0.25) is 0 Å². The minimum atomic E-state index is 0.0709. The van der Waals surface area contributed by atoms with Crippen molar-refractivity contribution in [3.8, 4) is 0 Å². The molecule has 6 heteroatoms. The molecule has 0 N–H and O–H groups in total. The Bertz CT molecular complexity index is 1160. The Morgan fingerprint density at radius 1 is 0.735 bits per heavy atom. The van der Waals surface area contributed by atoms with Crippen LogP contribution in [0.4, 0.5) is 0 Å². The van der Waals surface area contributed by atoms with Crippen LogP contribution in [0.25, 0.3) is 10.8 Å². The van der Waals surface area contributed by atoms with Crippen LogP contribution in [-0.2, 0) is 11.3 Å². The Balaban J connectivity index is 1.19. The average Bonchev–Trinajstić information content (AvgIpc) is 3.43. The van der Waals surface area contributed by atoms with Gasteiger partial charge in [-0.05, 0) is 41.3 Å². The molecule has 0 saturated carbocycles. The molecule has 34 heavy (non-hydrogen) atoms. The lowest BCUT2D eigenvalue weighted by Gasteiger charge is -2.35. The zero-order valence-corrected chi connectivity index (χ0v) is 20.3. The molecule has 0 spiro atoms. The summed E-state index contributed by atoms with van der Waals surface area (Å²) >= 11 is 1.49. The molecule has 0 bridgehead atoms. The van der Waals surface area contributed by atoms with E-state index in [1.165, 1.54) is 28.1 Å². The van der Waals surface area contributed by atoms with Gasteiger partial charge in [-0.2, -0.15) is 0 Å². The molecular formula is C28H31N3O2S. The number of piperazine rings is 1. The first-order valence-corrected chi connectivity index (χ1v) is 13.2. The normalized spacial score (nSPS) is 16.8. The molecule has 5 rings (SSSR count). The molecule has 3 aromatic rings. The first-order valence-electron chi connectivity index (χ1n) is 12.2. The number of nitrogens with zero attached hydrogens (tertiary/aromatic N) is 3. The summed E-state index contributed by atoms with van der Waals surface area (Å²) in [5.74, 6) is 0.636. The lowest BCUT2D eigenvalue weighted by molar-refractivity contribution is -0.127. The van der Waals surface area contributed by atoms with Crippen molar-refractivity contribution in [3.63, 3.8) is 0 Å². The zero-order valence-electron chi connectivity index (χ0n) is 19.5. The third-order valence-electron chi connectivity index (χ3n) is 6.86. The number of hydrogen-bond donors (Lipinski definition) is 0. The summed E-state index contributed by atoms with van der Waals surface area (Å²) in [7, 11) is 0. The Hall–Kier alpha value is -2.83. The molecule has 0 atom stereocenters. The van der Waals surface area contributed by atoms with Crippen molar-refractivity contribution in [2.45, 2.75) is 24.3 Å². The van der Waals surface area contributed by atoms with Crippen LogP contribution < -0.4 is 0 Å². The van der Waals surface area contributed by atoms with Crippen molar-refractivity contribution in [1.29, 1.82) is 0 Å². The molecule has 0 unspecified atom stereocenters. The monoisotopic (exact) mass is 473 g/mol. The molecule has 0 radical (unpaired) electrons. The topological polar surface area (TPSA) is 43.9 Å². The van der Waals surface area contributed by atoms with E-state index in [2.05, 4.69) is 47.4 Å². The van der Waals surface area contributed by atoms with E-state index in [0.29, 0.717) is 11.3 Å². The minimum Gasteiger partial charge on any atom is -0.342 e. The van der Waals surface area contributed by atoms with E-state index in [1.807, 2.05) is 34.1 Å². The molecule has 2 amide bonds. The third kappa shape index (κ3) is 5.13. The van der Waals surface area contributed by atoms with E-state index < -0.39 is 0 Å². The highest BCUT2D eigenvalue weighted by Crippen LogP contribution is 2.26. The van der Waals surface area contributed by atoms with E-state index in [1.54, 1.807) is 0 Å². The predicted molar refractivity (Wildman–Crippen MR) is 138 cm³/mol. The fourth-order valence-corrected chi connectivity index (χ4v) is 5.86. The summed E-state index contributed by atoms with van der Waals surface area (Å²) in [6.07, 6.45) is 2.19. The SMILES string of the molecule is O=C(CSc1ccccc1C(=O)N1CCN(Cc2cccc3ccccc23)CC1)N1CCCC1. The molecule has 5 nitrogen and oxygen atoms in total. The fourth-order valence-electron chi connectivity index (χ4n) is 4.92. The van der Waals surface area contributed by atoms with E-state index in [-0.39, 0.29) is 11.8 Å². The molecule has 0 aromatic heterocycles. The number of amides is 2. The smallest absolute Gasteiger partial charge is 0.255 e. The number of rotatable bonds is 6. The molecule has 2 aliphatic rings. The van der Waals surface area contributed by atoms with E-state index in [0.717, 1.165) is 63.6 Å². The lowest BCUT2D eigenvalue weighted by atomic mass is 10.0. The maximum Gasteiger partial charge on any atom is 0.255 e. The maximum atomic E-state index is 13.4. The van der Waals surface area contributed by atoms with Gasteiger partial charge in [0.2, 0.25) is 5.91 Å². The standard InChI is InChI=1S/C28H31N3O2S/c32-27(30-14-5-6-15-30)21-34-26-13-4-3-12-25(26)28(33)31-18-16-29(17-19-31)20-23-10-7-9-22-8-1-2-11-24(22)23/h1-4,7-13H,5-6,14-21H2. The largest absolute Gasteiger partial charge is 0.342 e. The Morgan fingerprint density at radius 2 is 1.44 bits per heavy atom. The molecule has 3 aromatic carbocycles. The number of benzene rings is 3. The number of carbonyl (C=O) groups is 2. The Labute approximate surface area is 205 Å². The summed E-state index contributed by atoms with van der Waals surface area (Å²) in [5, 5.41) is 2.57. The number of thioether (sulfide) groups is 1. The third-order valence-corrected chi connectivity index (χ3v) is 7.92. The van der Waals surface area contributed by atoms with Crippen LogP contribution in [-0.4, -0.2) is 71.5 Å². The van der Waals surface area contributed by atoms with Crippen molar-refractivity contribution in [2.75, 3.05) is 45.0 Å². The van der Waals surface area contributed by atoms with Gasteiger partial charge in [0.1, 0.15) is 0 Å². The number of likely N-dealkylation sites (tertiary alicyclic amines) is 1. The minimum absolute atomic E-state index is 0.0709. The van der Waals surface area contributed by atoms with Gasteiger partial charge in [0, 0.05) is 50.7 Å². The van der Waals surface area contributed by atoms with Crippen molar-refractivity contribution < 1.29 is 9.59 Å². The highest BCUT2D eigenvalue weighted by Gasteiger charge is 2.25. The summed E-state index contributed by atoms with van der Waals surface area (Å²) < 4.78 is 0. The molecular weight excluding hydrogens is 442 g/mol. The van der Waals surface area contributed by atoms with Gasteiger partial charge in [0.15, 0.2) is 0 Å². The van der Waals surface area contributed by atoms with Gasteiger partial charge in [0.25, 0.3) is 5.91 Å². The molecule has 176 valence electrons. The van der Waals surface area contributed by atoms with Crippen molar-refractivity contribution in [1.82, 2.24) is 14.7 Å². The lowest BCUT2D eigenvalue weighted by Crippen LogP contribution is -2.48. The average molecular weight is 474 g/mol. The molecule has 0 aliphatic carbocycles. The summed E-state index contributed by atoms with van der Waals surface area (Å²) in [5.41, 5.74) is 2.05. The highest BCUT2D eigenvalue weighted by atomic mass is 32.2. The molecule has 2 saturated heterocycles. The Morgan fingerprint density at radius 3 is 2.26 bits per heavy atom. The van der Waals surface area contributed by atoms with E-state index in [4.69, 9.17) is 0 Å². The van der Waals surface area contributed by atoms with Crippen LogP contribution in [0.1, 0.15) is 28.8 Å². The van der Waals surface area contributed by atoms with Crippen LogP contribution in [0, 0.1) is 0 Å². The second-order valence-corrected chi connectivity index (χ2v) is 10.1. The number of fused-ring (bicyclic) bond motifs is 1. The van der Waals surface area contributed by atoms with Crippen molar-refractivity contribution >= 4 is 34.3 Å². The van der Waals surface area contributed by atoms with Gasteiger partial charge >= 0.3 is 0 Å². The quantitative estimate of drug-likeness (QED) is 0.494. The van der Waals surface area contributed by atoms with Gasteiger partial charge in [-0.1, -0.05) is 54.6 Å². The summed E-state index contributed by atoms with van der Waals surface area (Å²) in [4.78, 5) is 33.1. The van der Waals surface area contributed by atoms with Crippen LogP contribution in [0.3, 0.4) is 0 Å². The van der Waals surface area contributed by atoms with Crippen molar-refractivity contribution in [2.24, 2.45) is 0 Å². The van der Waals surface area contributed by atoms with Gasteiger partial charge in [0.05, 0.1) is 11.3 Å². The van der Waals surface area contributed by atoms with E-state index in [9.17, 15) is 9.59 Å². The summed E-state index contributed by atoms with van der Waals surface area (Å²) in [6, 6.07) is 22.7. The zero-order chi connectivity index (χ0) is 23.3. The second kappa shape index (κ2) is 10.6. The highest BCUT2D eigenvalue weighted by molar-refractivity contribution is 8.00. The molecule has 2 aliphatic heterocycles. The van der Waals surface area contributed by atoms with Gasteiger partial charge in [-0.25, -0.2) is 0 Å². The van der Waals surface area contributed by atoms with Gasteiger partial charge < -0.3 is 9.80 Å². The Kier molecular flexibility index (Phi) is 7.16. The van der Waals surface area contributed by atoms with Crippen molar-refractivity contribution in [3.05, 3.63) is 77.9 Å². The first-order chi connectivity index (χ1) is 16.7. The van der Waals surface area contributed by atoms with Crippen LogP contribution >= 0.6 is 11.8 Å². The number of carbonyl (C=O) groups excluding carboxylic acids is 2. The second-order valence-electron chi connectivity index (χ2n) is 9.08. The fraction of sp³-hybridized carbons (Fsp3) is 0.357. The maximum absolute atomic E-state index is 13.4. The molecule has 2 fully saturated rings. The van der Waals surface area contributed by atoms with Gasteiger partial charge in [-0.3, -0.25) is 14.5 Å².